The molecule has 1 aromatic carbocycles. The van der Waals surface area contributed by atoms with Crippen LogP contribution in [0.4, 0.5) is 4.39 Å². The van der Waals surface area contributed by atoms with Gasteiger partial charge < -0.3 is 6.15 Å². The molecule has 0 spiro atoms. The van der Waals surface area contributed by atoms with Crippen LogP contribution in [0.5, 0.6) is 0 Å². The maximum absolute atomic E-state index is 13.6. The second-order valence-electron chi connectivity index (χ2n) is 7.16. The lowest BCUT2D eigenvalue weighted by molar-refractivity contribution is 0.584. The maximum Gasteiger partial charge on any atom is 0.238 e. The minimum absolute atomic E-state index is 0. The van der Waals surface area contributed by atoms with Gasteiger partial charge in [-0.25, -0.2) is 28.5 Å². The van der Waals surface area contributed by atoms with E-state index < -0.39 is 16.0 Å². The number of aromatic nitrogens is 5. The topological polar surface area (TPSA) is 163 Å². The van der Waals surface area contributed by atoms with E-state index >= 15 is 0 Å². The molecule has 0 atom stereocenters. The largest absolute Gasteiger partial charge is 0.344 e. The van der Waals surface area contributed by atoms with E-state index in [2.05, 4.69) is 25.1 Å². The van der Waals surface area contributed by atoms with Gasteiger partial charge in [0, 0.05) is 57.9 Å². The fraction of sp³-hybridized carbons (Fsp3) is 0. The van der Waals surface area contributed by atoms with Gasteiger partial charge in [-0.2, -0.15) is 9.49 Å². The Labute approximate surface area is 198 Å². The minimum Gasteiger partial charge on any atom is -0.344 e. The van der Waals surface area contributed by atoms with Crippen LogP contribution in [-0.4, -0.2) is 33.6 Å². The Morgan fingerprint density at radius 2 is 1.65 bits per heavy atom. The van der Waals surface area contributed by atoms with Gasteiger partial charge in [-0.15, -0.1) is 0 Å². The monoisotopic (exact) mass is 497 g/mol. The highest BCUT2D eigenvalue weighted by Crippen LogP contribution is 2.35. The van der Waals surface area contributed by atoms with Crippen LogP contribution in [0.3, 0.4) is 0 Å². The molecule has 6 N–H and O–H groups in total. The molecule has 0 saturated heterocycles. The Hall–Kier alpha value is -3.77. The van der Waals surface area contributed by atoms with E-state index in [4.69, 9.17) is 16.7 Å². The number of fused-ring (bicyclic) bond motifs is 1. The predicted molar refractivity (Wildman–Crippen MR) is 127 cm³/mol. The molecule has 0 amide bonds. The predicted octanol–water partition coefficient (Wildman–Crippen LogP) is 4.35. The first-order valence-electron chi connectivity index (χ1n) is 9.55. The second-order valence-corrected chi connectivity index (χ2v) is 9.05. The van der Waals surface area contributed by atoms with Crippen LogP contribution in [0.1, 0.15) is 0 Å². The van der Waals surface area contributed by atoms with E-state index in [0.29, 0.717) is 44.5 Å². The van der Waals surface area contributed by atoms with Gasteiger partial charge in [0.1, 0.15) is 5.15 Å². The fourth-order valence-corrected chi connectivity index (χ4v) is 4.53. The number of H-pyrrole nitrogens is 1. The number of primary sulfonamides is 1. The number of rotatable bonds is 4. The SMILES string of the molecule is N.NS(=O)(=O)c1ccccc1-c1cc(-c2cnc3n[nH]c(-c4ccnc(F)c4)c3c2)cnc1Cl. The molecule has 0 aliphatic heterocycles. The third-order valence-corrected chi connectivity index (χ3v) is 6.35. The first-order chi connectivity index (χ1) is 15.8. The van der Waals surface area contributed by atoms with Crippen molar-refractivity contribution in [2.45, 2.75) is 4.90 Å². The van der Waals surface area contributed by atoms with Gasteiger partial charge in [0.2, 0.25) is 16.0 Å². The Morgan fingerprint density at radius 1 is 0.912 bits per heavy atom. The summed E-state index contributed by atoms with van der Waals surface area (Å²) in [5.41, 5.74) is 3.67. The van der Waals surface area contributed by atoms with Gasteiger partial charge in [-0.3, -0.25) is 5.10 Å². The minimum atomic E-state index is -3.98. The van der Waals surface area contributed by atoms with Crippen molar-refractivity contribution in [3.05, 3.63) is 78.2 Å². The Bertz CT molecular complexity index is 1640. The normalized spacial score (nSPS) is 11.4. The van der Waals surface area contributed by atoms with Gasteiger partial charge in [-0.1, -0.05) is 29.8 Å². The van der Waals surface area contributed by atoms with E-state index in [1.165, 1.54) is 18.3 Å². The highest BCUT2D eigenvalue weighted by Gasteiger charge is 2.18. The molecule has 0 bridgehead atoms. The number of pyridine rings is 3. The van der Waals surface area contributed by atoms with E-state index in [-0.39, 0.29) is 16.2 Å². The lowest BCUT2D eigenvalue weighted by Crippen LogP contribution is -2.13. The van der Waals surface area contributed by atoms with Crippen molar-refractivity contribution in [3.63, 3.8) is 0 Å². The molecule has 5 rings (SSSR count). The summed E-state index contributed by atoms with van der Waals surface area (Å²) in [4.78, 5) is 12.1. The molecule has 4 aromatic heterocycles. The summed E-state index contributed by atoms with van der Waals surface area (Å²) in [5.74, 6) is -0.612. The van der Waals surface area contributed by atoms with Crippen LogP contribution < -0.4 is 11.3 Å². The fourth-order valence-electron chi connectivity index (χ4n) is 3.57. The molecule has 0 unspecified atom stereocenters. The van der Waals surface area contributed by atoms with E-state index in [0.717, 1.165) is 0 Å². The molecular formula is C22H17ClFN7O2S. The van der Waals surface area contributed by atoms with Gasteiger partial charge in [0.05, 0.1) is 10.6 Å². The van der Waals surface area contributed by atoms with Gasteiger partial charge in [-0.05, 0) is 24.3 Å². The van der Waals surface area contributed by atoms with E-state index in [9.17, 15) is 12.8 Å². The van der Waals surface area contributed by atoms with Crippen molar-refractivity contribution < 1.29 is 12.8 Å². The molecule has 0 radical (unpaired) electrons. The number of halogens is 2. The molecule has 4 heterocycles. The van der Waals surface area contributed by atoms with Crippen molar-refractivity contribution in [3.8, 4) is 33.5 Å². The number of nitrogens with one attached hydrogen (secondary N) is 1. The number of nitrogens with zero attached hydrogens (tertiary/aromatic N) is 4. The third kappa shape index (κ3) is 4.24. The molecule has 172 valence electrons. The van der Waals surface area contributed by atoms with Crippen molar-refractivity contribution >= 4 is 32.7 Å². The molecule has 5 aromatic rings. The summed E-state index contributed by atoms with van der Waals surface area (Å²) in [5, 5.41) is 13.2. The van der Waals surface area contributed by atoms with E-state index in [1.807, 2.05) is 6.07 Å². The molecule has 9 nitrogen and oxygen atoms in total. The number of hydrogen-bond donors (Lipinski definition) is 3. The summed E-state index contributed by atoms with van der Waals surface area (Å²) in [6, 6.07) is 12.8. The average Bonchev–Trinajstić information content (AvgIpc) is 3.22. The van der Waals surface area contributed by atoms with Crippen molar-refractivity contribution in [1.82, 2.24) is 31.3 Å². The molecular weight excluding hydrogens is 481 g/mol. The lowest BCUT2D eigenvalue weighted by atomic mass is 10.0. The molecule has 12 heteroatoms. The number of hydrogen-bond acceptors (Lipinski definition) is 7. The van der Waals surface area contributed by atoms with Crippen molar-refractivity contribution in [2.75, 3.05) is 0 Å². The highest BCUT2D eigenvalue weighted by molar-refractivity contribution is 7.89. The number of nitrogens with two attached hydrogens (primary N) is 1. The van der Waals surface area contributed by atoms with Crippen LogP contribution in [0.2, 0.25) is 5.15 Å². The number of aromatic amines is 1. The zero-order chi connectivity index (χ0) is 23.2. The molecule has 0 fully saturated rings. The summed E-state index contributed by atoms with van der Waals surface area (Å²) < 4.78 is 37.8. The summed E-state index contributed by atoms with van der Waals surface area (Å²) in [7, 11) is -3.98. The van der Waals surface area contributed by atoms with Gasteiger partial charge in [0.15, 0.2) is 5.65 Å². The van der Waals surface area contributed by atoms with Crippen molar-refractivity contribution in [1.29, 1.82) is 0 Å². The zero-order valence-electron chi connectivity index (χ0n) is 17.4. The average molecular weight is 498 g/mol. The lowest BCUT2D eigenvalue weighted by Gasteiger charge is -2.11. The molecule has 0 aliphatic carbocycles. The quantitative estimate of drug-likeness (QED) is 0.310. The van der Waals surface area contributed by atoms with Gasteiger partial charge >= 0.3 is 0 Å². The Kier molecular flexibility index (Phi) is 6.11. The van der Waals surface area contributed by atoms with Crippen LogP contribution in [0, 0.1) is 5.95 Å². The van der Waals surface area contributed by atoms with Crippen LogP contribution >= 0.6 is 11.6 Å². The molecule has 34 heavy (non-hydrogen) atoms. The zero-order valence-corrected chi connectivity index (χ0v) is 19.0. The molecule has 0 saturated carbocycles. The van der Waals surface area contributed by atoms with Crippen LogP contribution in [-0.2, 0) is 10.0 Å². The summed E-state index contributed by atoms with van der Waals surface area (Å²) in [6.07, 6.45) is 4.54. The first kappa shape index (κ1) is 23.4. The van der Waals surface area contributed by atoms with E-state index in [1.54, 1.807) is 42.7 Å². The van der Waals surface area contributed by atoms with Crippen molar-refractivity contribution in [2.24, 2.45) is 5.14 Å². The first-order valence-corrected chi connectivity index (χ1v) is 11.5. The van der Waals surface area contributed by atoms with Crippen LogP contribution in [0.25, 0.3) is 44.5 Å². The summed E-state index contributed by atoms with van der Waals surface area (Å²) in [6.45, 7) is 0. The number of sulfonamides is 1. The number of benzene rings is 1. The summed E-state index contributed by atoms with van der Waals surface area (Å²) >= 11 is 6.32. The Morgan fingerprint density at radius 3 is 2.41 bits per heavy atom. The standard InChI is InChI=1S/C22H14ClFN6O2S.H3N/c23-21-16(15-3-1-2-4-18(15)33(25,31)32)7-13(10-27-21)14-8-17-20(29-30-22(17)28-11-14)12-5-6-26-19(24)9-12;/h1-11H,(H2,25,31,32)(H,28,29,30);1H3. The third-order valence-electron chi connectivity index (χ3n) is 5.08. The van der Waals surface area contributed by atoms with Gasteiger partial charge in [0.25, 0.3) is 0 Å². The highest BCUT2D eigenvalue weighted by atomic mass is 35.5. The second kappa shape index (κ2) is 8.88. The smallest absolute Gasteiger partial charge is 0.238 e. The molecule has 0 aliphatic rings. The maximum atomic E-state index is 13.6. The Balaban J connectivity index is 0.00000274. The van der Waals surface area contributed by atoms with Crippen LogP contribution in [0.15, 0.2) is 72.0 Å².